The third kappa shape index (κ3) is 4.30. The summed E-state index contributed by atoms with van der Waals surface area (Å²) in [5, 5.41) is 0. The first kappa shape index (κ1) is 17.0. The monoisotopic (exact) mass is 324 g/mol. The molecular formula is C16H24N2O3S. The molecule has 0 aromatic heterocycles. The fourth-order valence-corrected chi connectivity index (χ4v) is 3.94. The molecule has 22 heavy (non-hydrogen) atoms. The number of sulfonamides is 1. The largest absolute Gasteiger partial charge is 0.339 e. The number of hydrogen-bond donors (Lipinski definition) is 1. The molecule has 1 aromatic rings. The molecule has 5 nitrogen and oxygen atoms in total. The number of rotatable bonds is 6. The number of nitrogens with zero attached hydrogens (tertiary/aromatic N) is 1. The topological polar surface area (TPSA) is 66.5 Å². The zero-order chi connectivity index (χ0) is 16.2. The van der Waals surface area contributed by atoms with E-state index < -0.39 is 10.0 Å². The summed E-state index contributed by atoms with van der Waals surface area (Å²) in [6.07, 6.45) is 4.32. The Morgan fingerprint density at radius 3 is 2.36 bits per heavy atom. The Hall–Kier alpha value is -1.40. The summed E-state index contributed by atoms with van der Waals surface area (Å²) in [5.41, 5.74) is 1.02. The molecule has 0 aliphatic heterocycles. The third-order valence-corrected chi connectivity index (χ3v) is 5.62. The summed E-state index contributed by atoms with van der Waals surface area (Å²) in [5.74, 6) is 0.0152. The second-order valence-electron chi connectivity index (χ2n) is 5.86. The van der Waals surface area contributed by atoms with Gasteiger partial charge in [-0.3, -0.25) is 4.79 Å². The van der Waals surface area contributed by atoms with Crippen molar-refractivity contribution in [2.24, 2.45) is 0 Å². The van der Waals surface area contributed by atoms with E-state index in [1.807, 2.05) is 6.92 Å². The number of benzene rings is 1. The Kier molecular flexibility index (Phi) is 5.58. The van der Waals surface area contributed by atoms with Gasteiger partial charge in [0.05, 0.1) is 4.90 Å². The van der Waals surface area contributed by atoms with Gasteiger partial charge in [0.2, 0.25) is 15.9 Å². The molecule has 0 radical (unpaired) electrons. The molecule has 6 heteroatoms. The molecule has 1 amide bonds. The Morgan fingerprint density at radius 2 is 1.82 bits per heavy atom. The van der Waals surface area contributed by atoms with Gasteiger partial charge in [-0.1, -0.05) is 30.5 Å². The van der Waals surface area contributed by atoms with Crippen LogP contribution in [0, 0.1) is 6.92 Å². The van der Waals surface area contributed by atoms with Gasteiger partial charge in [0.1, 0.15) is 0 Å². The lowest BCUT2D eigenvalue weighted by molar-refractivity contribution is -0.130. The van der Waals surface area contributed by atoms with Crippen molar-refractivity contribution >= 4 is 15.9 Å². The first-order valence-corrected chi connectivity index (χ1v) is 9.22. The van der Waals surface area contributed by atoms with E-state index in [1.165, 1.54) is 0 Å². The average molecular weight is 324 g/mol. The molecular weight excluding hydrogens is 300 g/mol. The van der Waals surface area contributed by atoms with Gasteiger partial charge in [0, 0.05) is 26.1 Å². The standard InChI is InChI=1S/C16H24N2O3S/c1-13-7-9-16(10-8-13)22(20,21)17-11-12-18(14(2)19)15-5-3-4-6-15/h7-10,15,17H,3-6,11-12H2,1-2H3. The molecule has 0 unspecified atom stereocenters. The van der Waals surface area contributed by atoms with E-state index in [0.717, 1.165) is 31.2 Å². The molecule has 0 heterocycles. The van der Waals surface area contributed by atoms with E-state index in [0.29, 0.717) is 6.54 Å². The number of carbonyl (C=O) groups excluding carboxylic acids is 1. The van der Waals surface area contributed by atoms with Crippen molar-refractivity contribution in [2.75, 3.05) is 13.1 Å². The number of aryl methyl sites for hydroxylation is 1. The fourth-order valence-electron chi connectivity index (χ4n) is 2.91. The van der Waals surface area contributed by atoms with Crippen molar-refractivity contribution < 1.29 is 13.2 Å². The average Bonchev–Trinajstić information content (AvgIpc) is 2.97. The quantitative estimate of drug-likeness (QED) is 0.871. The van der Waals surface area contributed by atoms with E-state index in [4.69, 9.17) is 0 Å². The number of amides is 1. The summed E-state index contributed by atoms with van der Waals surface area (Å²) >= 11 is 0. The van der Waals surface area contributed by atoms with E-state index in [-0.39, 0.29) is 23.4 Å². The van der Waals surface area contributed by atoms with Crippen molar-refractivity contribution in [3.05, 3.63) is 29.8 Å². The van der Waals surface area contributed by atoms with Gasteiger partial charge >= 0.3 is 0 Å². The first-order chi connectivity index (χ1) is 10.4. The Balaban J connectivity index is 1.93. The maximum atomic E-state index is 12.2. The van der Waals surface area contributed by atoms with Crippen molar-refractivity contribution in [1.82, 2.24) is 9.62 Å². The number of hydrogen-bond acceptors (Lipinski definition) is 3. The van der Waals surface area contributed by atoms with Crippen molar-refractivity contribution in [3.63, 3.8) is 0 Å². The number of nitrogens with one attached hydrogen (secondary N) is 1. The molecule has 1 aromatic carbocycles. The van der Waals surface area contributed by atoms with Crippen LogP contribution >= 0.6 is 0 Å². The molecule has 0 atom stereocenters. The predicted octanol–water partition coefficient (Wildman–Crippen LogP) is 2.06. The van der Waals surface area contributed by atoms with Crippen molar-refractivity contribution in [1.29, 1.82) is 0 Å². The van der Waals surface area contributed by atoms with E-state index >= 15 is 0 Å². The molecule has 0 saturated heterocycles. The van der Waals surface area contributed by atoms with E-state index in [9.17, 15) is 13.2 Å². The zero-order valence-corrected chi connectivity index (χ0v) is 14.0. The normalized spacial score (nSPS) is 15.9. The van der Waals surface area contributed by atoms with Crippen LogP contribution in [-0.4, -0.2) is 38.4 Å². The van der Waals surface area contributed by atoms with Gasteiger partial charge < -0.3 is 4.90 Å². The maximum absolute atomic E-state index is 12.2. The zero-order valence-electron chi connectivity index (χ0n) is 13.2. The van der Waals surface area contributed by atoms with Crippen LogP contribution in [0.5, 0.6) is 0 Å². The van der Waals surface area contributed by atoms with Gasteiger partial charge in [-0.25, -0.2) is 13.1 Å². The lowest BCUT2D eigenvalue weighted by Gasteiger charge is -2.27. The molecule has 0 spiro atoms. The Labute approximate surface area is 132 Å². The highest BCUT2D eigenvalue weighted by atomic mass is 32.2. The lowest BCUT2D eigenvalue weighted by Crippen LogP contribution is -2.42. The first-order valence-electron chi connectivity index (χ1n) is 7.74. The molecule has 0 bridgehead atoms. The summed E-state index contributed by atoms with van der Waals surface area (Å²) < 4.78 is 27.0. The second kappa shape index (κ2) is 7.24. The summed E-state index contributed by atoms with van der Waals surface area (Å²) in [7, 11) is -3.51. The Bertz CT molecular complexity index is 605. The molecule has 2 rings (SSSR count). The highest BCUT2D eigenvalue weighted by Gasteiger charge is 2.24. The van der Waals surface area contributed by atoms with Crippen LogP contribution in [0.4, 0.5) is 0 Å². The lowest BCUT2D eigenvalue weighted by atomic mass is 10.2. The molecule has 1 aliphatic carbocycles. The van der Waals surface area contributed by atoms with Crippen LogP contribution in [-0.2, 0) is 14.8 Å². The highest BCUT2D eigenvalue weighted by Crippen LogP contribution is 2.23. The minimum absolute atomic E-state index is 0.0152. The number of carbonyl (C=O) groups is 1. The van der Waals surface area contributed by atoms with Gasteiger partial charge in [-0.05, 0) is 31.9 Å². The summed E-state index contributed by atoms with van der Waals surface area (Å²) in [6, 6.07) is 7.00. The maximum Gasteiger partial charge on any atom is 0.240 e. The van der Waals surface area contributed by atoms with Crippen LogP contribution in [0.15, 0.2) is 29.2 Å². The fraction of sp³-hybridized carbons (Fsp3) is 0.562. The Morgan fingerprint density at radius 1 is 1.23 bits per heavy atom. The highest BCUT2D eigenvalue weighted by molar-refractivity contribution is 7.89. The SMILES string of the molecule is CC(=O)N(CCNS(=O)(=O)c1ccc(C)cc1)C1CCCC1. The minimum Gasteiger partial charge on any atom is -0.339 e. The third-order valence-electron chi connectivity index (χ3n) is 4.15. The van der Waals surface area contributed by atoms with E-state index in [1.54, 1.807) is 36.1 Å². The molecule has 1 fully saturated rings. The molecule has 1 saturated carbocycles. The van der Waals surface area contributed by atoms with Crippen LogP contribution in [0.25, 0.3) is 0 Å². The smallest absolute Gasteiger partial charge is 0.240 e. The van der Waals surface area contributed by atoms with Crippen LogP contribution < -0.4 is 4.72 Å². The van der Waals surface area contributed by atoms with Crippen LogP contribution in [0.1, 0.15) is 38.2 Å². The van der Waals surface area contributed by atoms with Crippen molar-refractivity contribution in [3.8, 4) is 0 Å². The van der Waals surface area contributed by atoms with Gasteiger partial charge in [0.15, 0.2) is 0 Å². The van der Waals surface area contributed by atoms with Crippen molar-refractivity contribution in [2.45, 2.75) is 50.5 Å². The second-order valence-corrected chi connectivity index (χ2v) is 7.63. The van der Waals surface area contributed by atoms with Crippen LogP contribution in [0.3, 0.4) is 0 Å². The van der Waals surface area contributed by atoms with E-state index in [2.05, 4.69) is 4.72 Å². The predicted molar refractivity (Wildman–Crippen MR) is 86.0 cm³/mol. The van der Waals surface area contributed by atoms with Gasteiger partial charge in [-0.2, -0.15) is 0 Å². The van der Waals surface area contributed by atoms with Gasteiger partial charge in [-0.15, -0.1) is 0 Å². The van der Waals surface area contributed by atoms with Gasteiger partial charge in [0.25, 0.3) is 0 Å². The molecule has 1 N–H and O–H groups in total. The molecule has 1 aliphatic rings. The summed E-state index contributed by atoms with van der Waals surface area (Å²) in [4.78, 5) is 13.8. The van der Waals surface area contributed by atoms with Crippen LogP contribution in [0.2, 0.25) is 0 Å². The summed E-state index contributed by atoms with van der Waals surface area (Å²) in [6.45, 7) is 4.13. The minimum atomic E-state index is -3.51. The molecule has 122 valence electrons.